The number of hydrogen-bond acceptors (Lipinski definition) is 5. The number of anilines is 1. The van der Waals surface area contributed by atoms with E-state index in [0.29, 0.717) is 44.5 Å². The van der Waals surface area contributed by atoms with Crippen LogP contribution in [0.5, 0.6) is 0 Å². The van der Waals surface area contributed by atoms with Crippen LogP contribution in [-0.2, 0) is 32.1 Å². The zero-order chi connectivity index (χ0) is 24.3. The van der Waals surface area contributed by atoms with Crippen LogP contribution in [0.15, 0.2) is 66.7 Å². The van der Waals surface area contributed by atoms with Gasteiger partial charge in [0.15, 0.2) is 0 Å². The molecule has 0 spiro atoms. The van der Waals surface area contributed by atoms with Gasteiger partial charge in [0.2, 0.25) is 11.8 Å². The SMILES string of the molecule is Cl.N[C@@H](Cc1ccccc1)C(=O)Nc1ccc(CNC(=O)CCCCCN2C(=O)C=CC2=O)cc1. The van der Waals surface area contributed by atoms with E-state index in [2.05, 4.69) is 10.6 Å². The summed E-state index contributed by atoms with van der Waals surface area (Å²) in [6.07, 6.45) is 5.51. The van der Waals surface area contributed by atoms with E-state index in [4.69, 9.17) is 5.73 Å². The molecular weight excluding hydrogens is 468 g/mol. The van der Waals surface area contributed by atoms with E-state index in [1.807, 2.05) is 42.5 Å². The van der Waals surface area contributed by atoms with Crippen LogP contribution < -0.4 is 16.4 Å². The van der Waals surface area contributed by atoms with E-state index in [1.165, 1.54) is 17.1 Å². The topological polar surface area (TPSA) is 122 Å². The third-order valence-electron chi connectivity index (χ3n) is 5.53. The van der Waals surface area contributed by atoms with E-state index in [0.717, 1.165) is 17.5 Å². The van der Waals surface area contributed by atoms with Crippen molar-refractivity contribution in [1.29, 1.82) is 0 Å². The predicted molar refractivity (Wildman–Crippen MR) is 137 cm³/mol. The number of nitrogens with two attached hydrogens (primary N) is 1. The van der Waals surface area contributed by atoms with E-state index in [9.17, 15) is 19.2 Å². The van der Waals surface area contributed by atoms with Gasteiger partial charge in [0.1, 0.15) is 0 Å². The summed E-state index contributed by atoms with van der Waals surface area (Å²) in [5, 5.41) is 5.69. The summed E-state index contributed by atoms with van der Waals surface area (Å²) in [4.78, 5) is 48.6. The van der Waals surface area contributed by atoms with Gasteiger partial charge in [-0.25, -0.2) is 0 Å². The van der Waals surface area contributed by atoms with Crippen molar-refractivity contribution in [2.24, 2.45) is 5.73 Å². The van der Waals surface area contributed by atoms with Gasteiger partial charge in [-0.2, -0.15) is 0 Å². The Morgan fingerprint density at radius 3 is 2.17 bits per heavy atom. The first-order valence-corrected chi connectivity index (χ1v) is 11.4. The molecule has 0 saturated carbocycles. The Morgan fingerprint density at radius 1 is 0.857 bits per heavy atom. The van der Waals surface area contributed by atoms with Crippen LogP contribution in [0.4, 0.5) is 5.69 Å². The van der Waals surface area contributed by atoms with Crippen LogP contribution in [-0.4, -0.2) is 41.1 Å². The van der Waals surface area contributed by atoms with E-state index >= 15 is 0 Å². The van der Waals surface area contributed by atoms with Gasteiger partial charge < -0.3 is 16.4 Å². The minimum absolute atomic E-state index is 0. The van der Waals surface area contributed by atoms with Crippen molar-refractivity contribution in [1.82, 2.24) is 10.2 Å². The molecule has 1 aliphatic rings. The summed E-state index contributed by atoms with van der Waals surface area (Å²) in [5.74, 6) is -0.856. The molecule has 2 aromatic carbocycles. The third-order valence-corrected chi connectivity index (χ3v) is 5.53. The molecule has 35 heavy (non-hydrogen) atoms. The molecule has 0 unspecified atom stereocenters. The highest BCUT2D eigenvalue weighted by Gasteiger charge is 2.22. The van der Waals surface area contributed by atoms with E-state index < -0.39 is 6.04 Å². The third kappa shape index (κ3) is 8.99. The maximum atomic E-state index is 12.3. The molecular formula is C26H31ClN4O4. The fourth-order valence-electron chi connectivity index (χ4n) is 3.57. The lowest BCUT2D eigenvalue weighted by atomic mass is 10.1. The maximum absolute atomic E-state index is 12.3. The lowest BCUT2D eigenvalue weighted by Crippen LogP contribution is -2.37. The Morgan fingerprint density at radius 2 is 1.51 bits per heavy atom. The van der Waals surface area contributed by atoms with Crippen molar-refractivity contribution >= 4 is 41.7 Å². The van der Waals surface area contributed by atoms with Crippen molar-refractivity contribution in [3.8, 4) is 0 Å². The standard InChI is InChI=1S/C26H30N4O4.ClH/c27-22(17-19-7-3-1-4-8-19)26(34)29-21-12-10-20(11-13-21)18-28-23(31)9-5-2-6-16-30-24(32)14-15-25(30)33;/h1,3-4,7-8,10-15,22H,2,5-6,9,16-18,27H2,(H,28,31)(H,29,34);1H/t22-;/m0./s1. The Labute approximate surface area is 211 Å². The molecule has 4 amide bonds. The molecule has 1 atom stereocenters. The number of amides is 4. The second-order valence-electron chi connectivity index (χ2n) is 8.23. The first-order chi connectivity index (χ1) is 16.4. The van der Waals surface area contributed by atoms with Gasteiger partial charge in [-0.1, -0.05) is 48.9 Å². The highest BCUT2D eigenvalue weighted by Crippen LogP contribution is 2.12. The van der Waals surface area contributed by atoms with Crippen LogP contribution in [0.1, 0.15) is 36.8 Å². The van der Waals surface area contributed by atoms with Gasteiger partial charge in [-0.3, -0.25) is 24.1 Å². The van der Waals surface area contributed by atoms with Gasteiger partial charge in [0, 0.05) is 37.3 Å². The number of nitrogens with zero attached hydrogens (tertiary/aromatic N) is 1. The molecule has 3 rings (SSSR count). The molecule has 2 aromatic rings. The van der Waals surface area contributed by atoms with Gasteiger partial charge >= 0.3 is 0 Å². The Balaban J connectivity index is 0.00000432. The van der Waals surface area contributed by atoms with Crippen molar-refractivity contribution < 1.29 is 19.2 Å². The van der Waals surface area contributed by atoms with E-state index in [-0.39, 0.29) is 36.0 Å². The molecule has 0 aromatic heterocycles. The van der Waals surface area contributed by atoms with Crippen LogP contribution in [0.25, 0.3) is 0 Å². The molecule has 0 radical (unpaired) electrons. The van der Waals surface area contributed by atoms with Gasteiger partial charge in [0.25, 0.3) is 11.8 Å². The zero-order valence-electron chi connectivity index (χ0n) is 19.4. The van der Waals surface area contributed by atoms with Crippen LogP contribution >= 0.6 is 12.4 Å². The first kappa shape index (κ1) is 27.8. The molecule has 8 nitrogen and oxygen atoms in total. The Kier molecular flexibility index (Phi) is 11.1. The molecule has 0 saturated heterocycles. The summed E-state index contributed by atoms with van der Waals surface area (Å²) in [5.41, 5.74) is 8.58. The molecule has 0 fully saturated rings. The van der Waals surface area contributed by atoms with Gasteiger partial charge in [-0.05, 0) is 42.5 Å². The minimum Gasteiger partial charge on any atom is -0.352 e. The lowest BCUT2D eigenvalue weighted by molar-refractivity contribution is -0.137. The number of nitrogens with one attached hydrogen (secondary N) is 2. The molecule has 1 aliphatic heterocycles. The fourth-order valence-corrected chi connectivity index (χ4v) is 3.57. The lowest BCUT2D eigenvalue weighted by Gasteiger charge is -2.13. The Bertz CT molecular complexity index is 1020. The minimum atomic E-state index is -0.644. The summed E-state index contributed by atoms with van der Waals surface area (Å²) < 4.78 is 0. The fraction of sp³-hybridized carbons (Fsp3) is 0.308. The smallest absolute Gasteiger partial charge is 0.253 e. The van der Waals surface area contributed by atoms with Crippen LogP contribution in [0.2, 0.25) is 0 Å². The van der Waals surface area contributed by atoms with Gasteiger partial charge in [-0.15, -0.1) is 12.4 Å². The molecule has 0 bridgehead atoms. The van der Waals surface area contributed by atoms with Gasteiger partial charge in [0.05, 0.1) is 6.04 Å². The van der Waals surface area contributed by atoms with Crippen molar-refractivity contribution in [2.45, 2.75) is 44.7 Å². The maximum Gasteiger partial charge on any atom is 0.253 e. The summed E-state index contributed by atoms with van der Waals surface area (Å²) in [6.45, 7) is 0.773. The number of hydrogen-bond donors (Lipinski definition) is 3. The quantitative estimate of drug-likeness (QED) is 0.307. The molecule has 4 N–H and O–H groups in total. The number of unbranched alkanes of at least 4 members (excludes halogenated alkanes) is 2. The second-order valence-corrected chi connectivity index (χ2v) is 8.23. The highest BCUT2D eigenvalue weighted by molar-refractivity contribution is 6.12. The average Bonchev–Trinajstić information content (AvgIpc) is 3.16. The van der Waals surface area contributed by atoms with Crippen molar-refractivity contribution in [3.63, 3.8) is 0 Å². The normalized spacial score (nSPS) is 13.3. The highest BCUT2D eigenvalue weighted by atomic mass is 35.5. The predicted octanol–water partition coefficient (Wildman–Crippen LogP) is 2.72. The number of carbonyl (C=O) groups excluding carboxylic acids is 4. The second kappa shape index (κ2) is 14.0. The summed E-state index contributed by atoms with van der Waals surface area (Å²) in [6, 6.07) is 16.2. The average molecular weight is 499 g/mol. The van der Waals surface area contributed by atoms with Crippen molar-refractivity contribution in [2.75, 3.05) is 11.9 Å². The molecule has 9 heteroatoms. The summed E-state index contributed by atoms with van der Waals surface area (Å²) >= 11 is 0. The molecule has 186 valence electrons. The Hall–Kier alpha value is -3.49. The zero-order valence-corrected chi connectivity index (χ0v) is 20.3. The first-order valence-electron chi connectivity index (χ1n) is 11.4. The number of imide groups is 1. The number of halogens is 1. The van der Waals surface area contributed by atoms with Crippen LogP contribution in [0, 0.1) is 0 Å². The molecule has 1 heterocycles. The van der Waals surface area contributed by atoms with Crippen molar-refractivity contribution in [3.05, 3.63) is 77.9 Å². The van der Waals surface area contributed by atoms with Crippen LogP contribution in [0.3, 0.4) is 0 Å². The largest absolute Gasteiger partial charge is 0.352 e. The van der Waals surface area contributed by atoms with E-state index in [1.54, 1.807) is 12.1 Å². The summed E-state index contributed by atoms with van der Waals surface area (Å²) in [7, 11) is 0. The number of rotatable bonds is 12. The number of benzene rings is 2. The molecule has 0 aliphatic carbocycles. The number of carbonyl (C=O) groups is 4. The monoisotopic (exact) mass is 498 g/mol.